The molecule has 162 valence electrons. The van der Waals surface area contributed by atoms with Gasteiger partial charge in [0.05, 0.1) is 24.3 Å². The fourth-order valence-corrected chi connectivity index (χ4v) is 4.30. The Hall–Kier alpha value is -2.74. The van der Waals surface area contributed by atoms with Gasteiger partial charge in [0.15, 0.2) is 5.96 Å². The van der Waals surface area contributed by atoms with E-state index in [0.29, 0.717) is 24.0 Å². The van der Waals surface area contributed by atoms with Crippen molar-refractivity contribution in [2.45, 2.75) is 39.3 Å². The van der Waals surface area contributed by atoms with Crippen LogP contribution < -0.4 is 25.6 Å². The van der Waals surface area contributed by atoms with E-state index in [-0.39, 0.29) is 5.91 Å². The van der Waals surface area contributed by atoms with Crippen LogP contribution in [0.5, 0.6) is 5.75 Å². The van der Waals surface area contributed by atoms with Crippen LogP contribution >= 0.6 is 11.3 Å². The van der Waals surface area contributed by atoms with Gasteiger partial charge in [-0.2, -0.15) is 0 Å². The second kappa shape index (κ2) is 10.9. The van der Waals surface area contributed by atoms with E-state index in [2.05, 4.69) is 45.3 Å². The minimum Gasteiger partial charge on any atom is -0.495 e. The first-order valence-electron chi connectivity index (χ1n) is 10.4. The number of guanidine groups is 1. The lowest BCUT2D eigenvalue weighted by atomic mass is 10.1. The molecule has 0 aliphatic carbocycles. The molecule has 30 heavy (non-hydrogen) atoms. The van der Waals surface area contributed by atoms with Gasteiger partial charge in [-0.05, 0) is 55.0 Å². The van der Waals surface area contributed by atoms with Crippen molar-refractivity contribution < 1.29 is 9.53 Å². The Morgan fingerprint density at radius 1 is 1.30 bits per heavy atom. The van der Waals surface area contributed by atoms with Crippen molar-refractivity contribution in [2.75, 3.05) is 37.0 Å². The van der Waals surface area contributed by atoms with Crippen LogP contribution in [0.2, 0.25) is 0 Å². The predicted molar refractivity (Wildman–Crippen MR) is 125 cm³/mol. The third-order valence-electron chi connectivity index (χ3n) is 4.99. The van der Waals surface area contributed by atoms with E-state index in [4.69, 9.17) is 9.73 Å². The molecule has 1 saturated heterocycles. The zero-order valence-electron chi connectivity index (χ0n) is 17.9. The third kappa shape index (κ3) is 6.13. The van der Waals surface area contributed by atoms with Crippen LogP contribution in [0, 0.1) is 0 Å². The maximum Gasteiger partial charge on any atom is 0.221 e. The molecule has 0 radical (unpaired) electrons. The van der Waals surface area contributed by atoms with E-state index < -0.39 is 0 Å². The van der Waals surface area contributed by atoms with Crippen molar-refractivity contribution in [1.82, 2.24) is 10.6 Å². The molecule has 1 fully saturated rings. The Bertz CT molecular complexity index is 845. The summed E-state index contributed by atoms with van der Waals surface area (Å²) in [6, 6.07) is 10.4. The van der Waals surface area contributed by atoms with Crippen LogP contribution in [-0.4, -0.2) is 44.7 Å². The number of hydrogen-bond acceptors (Lipinski definition) is 5. The maximum absolute atomic E-state index is 11.4. The number of anilines is 2. The molecule has 1 aromatic heterocycles. The summed E-state index contributed by atoms with van der Waals surface area (Å²) >= 11 is 1.80. The molecule has 0 bridgehead atoms. The fourth-order valence-electron chi connectivity index (χ4n) is 3.52. The normalized spacial score (nSPS) is 15.0. The number of ether oxygens (including phenoxy) is 1. The van der Waals surface area contributed by atoms with Gasteiger partial charge in [-0.25, -0.2) is 4.99 Å². The topological polar surface area (TPSA) is 78.0 Å². The summed E-state index contributed by atoms with van der Waals surface area (Å²) in [7, 11) is 1.59. The highest BCUT2D eigenvalue weighted by molar-refractivity contribution is 7.14. The lowest BCUT2D eigenvalue weighted by molar-refractivity contribution is -0.114. The van der Waals surface area contributed by atoms with E-state index in [9.17, 15) is 4.79 Å². The van der Waals surface area contributed by atoms with Crippen LogP contribution in [0.4, 0.5) is 10.7 Å². The molecule has 1 aromatic carbocycles. The number of carbonyl (C=O) groups is 1. The van der Waals surface area contributed by atoms with Gasteiger partial charge in [-0.15, -0.1) is 11.3 Å². The second-order valence-corrected chi connectivity index (χ2v) is 8.19. The first kappa shape index (κ1) is 22.0. The summed E-state index contributed by atoms with van der Waals surface area (Å²) in [5.74, 6) is 1.34. The molecular weight excluding hydrogens is 398 g/mol. The lowest BCUT2D eigenvalue weighted by Gasteiger charge is -2.33. The maximum atomic E-state index is 11.4. The lowest BCUT2D eigenvalue weighted by Crippen LogP contribution is -2.48. The zero-order chi connectivity index (χ0) is 21.3. The van der Waals surface area contributed by atoms with E-state index in [0.717, 1.165) is 44.0 Å². The van der Waals surface area contributed by atoms with Gasteiger partial charge in [-0.3, -0.25) is 4.79 Å². The molecular formula is C22H31N5O2S. The minimum absolute atomic E-state index is 0.127. The van der Waals surface area contributed by atoms with Gasteiger partial charge in [-0.1, -0.05) is 6.07 Å². The molecule has 1 amide bonds. The SMILES string of the molecule is CCNC(=NCc1ccc(OC)c(NC(C)=O)c1)NC1CCN(c2cccs2)CC1. The second-order valence-electron chi connectivity index (χ2n) is 7.27. The van der Waals surface area contributed by atoms with Crippen molar-refractivity contribution in [3.05, 3.63) is 41.3 Å². The molecule has 2 heterocycles. The average molecular weight is 430 g/mol. The van der Waals surface area contributed by atoms with Gasteiger partial charge < -0.3 is 25.6 Å². The molecule has 1 aliphatic heterocycles. The molecule has 8 heteroatoms. The van der Waals surface area contributed by atoms with E-state index in [1.165, 1.54) is 11.9 Å². The molecule has 0 atom stereocenters. The van der Waals surface area contributed by atoms with E-state index in [1.54, 1.807) is 18.4 Å². The van der Waals surface area contributed by atoms with Crippen molar-refractivity contribution in [1.29, 1.82) is 0 Å². The first-order valence-corrected chi connectivity index (χ1v) is 11.2. The highest BCUT2D eigenvalue weighted by Gasteiger charge is 2.20. The predicted octanol–water partition coefficient (Wildman–Crippen LogP) is 3.44. The largest absolute Gasteiger partial charge is 0.495 e. The van der Waals surface area contributed by atoms with Crippen LogP contribution in [0.3, 0.4) is 0 Å². The average Bonchev–Trinajstić information content (AvgIpc) is 3.27. The van der Waals surface area contributed by atoms with Crippen LogP contribution in [0.25, 0.3) is 0 Å². The van der Waals surface area contributed by atoms with Gasteiger partial charge >= 0.3 is 0 Å². The van der Waals surface area contributed by atoms with Crippen LogP contribution in [0.1, 0.15) is 32.3 Å². The number of piperidine rings is 1. The number of hydrogen-bond donors (Lipinski definition) is 3. The Morgan fingerprint density at radius 2 is 2.10 bits per heavy atom. The number of methoxy groups -OCH3 is 1. The zero-order valence-corrected chi connectivity index (χ0v) is 18.7. The number of benzene rings is 1. The minimum atomic E-state index is -0.127. The molecule has 0 saturated carbocycles. The van der Waals surface area contributed by atoms with E-state index >= 15 is 0 Å². The summed E-state index contributed by atoms with van der Waals surface area (Å²) in [5.41, 5.74) is 1.67. The summed E-state index contributed by atoms with van der Waals surface area (Å²) < 4.78 is 5.32. The molecule has 0 unspecified atom stereocenters. The Kier molecular flexibility index (Phi) is 7.96. The van der Waals surface area contributed by atoms with Crippen LogP contribution in [-0.2, 0) is 11.3 Å². The number of amides is 1. The standard InChI is InChI=1S/C22H31N5O2S/c1-4-23-22(26-18-9-11-27(12-10-18)21-6-5-13-30-21)24-15-17-7-8-20(29-3)19(14-17)25-16(2)28/h5-8,13-14,18H,4,9-12,15H2,1-3H3,(H,25,28)(H2,23,24,26). The monoisotopic (exact) mass is 429 g/mol. The van der Waals surface area contributed by atoms with Crippen molar-refractivity contribution in [2.24, 2.45) is 4.99 Å². The van der Waals surface area contributed by atoms with Gasteiger partial charge in [0.25, 0.3) is 0 Å². The summed E-state index contributed by atoms with van der Waals surface area (Å²) in [4.78, 5) is 18.7. The highest BCUT2D eigenvalue weighted by atomic mass is 32.1. The van der Waals surface area contributed by atoms with Gasteiger partial charge in [0.1, 0.15) is 5.75 Å². The number of thiophene rings is 1. The Morgan fingerprint density at radius 3 is 2.73 bits per heavy atom. The van der Waals surface area contributed by atoms with Crippen LogP contribution in [0.15, 0.2) is 40.7 Å². The molecule has 1 aliphatic rings. The molecule has 2 aromatic rings. The molecule has 7 nitrogen and oxygen atoms in total. The van der Waals surface area contributed by atoms with E-state index in [1.807, 2.05) is 18.2 Å². The van der Waals surface area contributed by atoms with Crippen molar-refractivity contribution >= 4 is 33.9 Å². The molecule has 3 rings (SSSR count). The number of aliphatic imine (C=N–C) groups is 1. The number of nitrogens with zero attached hydrogens (tertiary/aromatic N) is 2. The fraction of sp³-hybridized carbons (Fsp3) is 0.455. The van der Waals surface area contributed by atoms with Crippen molar-refractivity contribution in [3.8, 4) is 5.75 Å². The Labute approximate surface area is 182 Å². The number of rotatable bonds is 7. The quantitative estimate of drug-likeness (QED) is 0.464. The molecule has 3 N–H and O–H groups in total. The smallest absolute Gasteiger partial charge is 0.221 e. The molecule has 0 spiro atoms. The van der Waals surface area contributed by atoms with Gasteiger partial charge in [0.2, 0.25) is 5.91 Å². The Balaban J connectivity index is 1.60. The number of carbonyl (C=O) groups excluding carboxylic acids is 1. The summed E-state index contributed by atoms with van der Waals surface area (Å²) in [6.07, 6.45) is 2.16. The van der Waals surface area contributed by atoms with Crippen molar-refractivity contribution in [3.63, 3.8) is 0 Å². The summed E-state index contributed by atoms with van der Waals surface area (Å²) in [6.45, 7) is 6.98. The highest BCUT2D eigenvalue weighted by Crippen LogP contribution is 2.26. The first-order chi connectivity index (χ1) is 14.6. The van der Waals surface area contributed by atoms with Gasteiger partial charge in [0, 0.05) is 32.6 Å². The number of nitrogens with one attached hydrogen (secondary N) is 3. The summed E-state index contributed by atoms with van der Waals surface area (Å²) in [5, 5.41) is 13.2. The third-order valence-corrected chi connectivity index (χ3v) is 5.92.